The number of sulfone groups is 1. The van der Waals surface area contributed by atoms with E-state index in [9.17, 15) is 22.4 Å². The monoisotopic (exact) mass is 413 g/mol. The molecule has 0 bridgehead atoms. The van der Waals surface area contributed by atoms with E-state index in [1.165, 1.54) is 24.0 Å². The van der Waals surface area contributed by atoms with Crippen molar-refractivity contribution in [2.75, 3.05) is 18.1 Å². The summed E-state index contributed by atoms with van der Waals surface area (Å²) in [6.45, 7) is 3.54. The van der Waals surface area contributed by atoms with Crippen LogP contribution in [0.25, 0.3) is 10.1 Å². The van der Waals surface area contributed by atoms with Crippen LogP contribution in [0.1, 0.15) is 29.9 Å². The van der Waals surface area contributed by atoms with Gasteiger partial charge in [0.2, 0.25) is 0 Å². The number of ether oxygens (including phenoxy) is 1. The van der Waals surface area contributed by atoms with E-state index in [1.54, 1.807) is 19.1 Å². The fourth-order valence-corrected chi connectivity index (χ4v) is 5.93. The SMILES string of the molecule is CCN(C(=O)[C@@H](C)OC(=O)c1cc2c(F)cccc2s1)[C@H]1CCS(=O)(=O)C1. The maximum absolute atomic E-state index is 13.8. The zero-order valence-corrected chi connectivity index (χ0v) is 16.6. The number of benzene rings is 1. The van der Waals surface area contributed by atoms with Gasteiger partial charge in [0.1, 0.15) is 10.7 Å². The van der Waals surface area contributed by atoms with Crippen LogP contribution in [0.4, 0.5) is 4.39 Å². The van der Waals surface area contributed by atoms with Crippen LogP contribution < -0.4 is 0 Å². The van der Waals surface area contributed by atoms with Crippen LogP contribution in [0.15, 0.2) is 24.3 Å². The number of esters is 1. The van der Waals surface area contributed by atoms with E-state index in [-0.39, 0.29) is 16.4 Å². The molecule has 6 nitrogen and oxygen atoms in total. The number of likely N-dealkylation sites (N-methyl/N-ethyl adjacent to an activating group) is 1. The Morgan fingerprint density at radius 1 is 1.41 bits per heavy atom. The third-order valence-electron chi connectivity index (χ3n) is 4.61. The first kappa shape index (κ1) is 19.8. The van der Waals surface area contributed by atoms with Crippen LogP contribution in [-0.4, -0.2) is 55.4 Å². The van der Waals surface area contributed by atoms with Crippen molar-refractivity contribution >= 4 is 43.1 Å². The first-order chi connectivity index (χ1) is 12.7. The van der Waals surface area contributed by atoms with Crippen molar-refractivity contribution in [3.05, 3.63) is 35.0 Å². The Bertz CT molecular complexity index is 985. The summed E-state index contributed by atoms with van der Waals surface area (Å²) in [5.74, 6) is -1.57. The van der Waals surface area contributed by atoms with Gasteiger partial charge < -0.3 is 9.64 Å². The Labute approximate surface area is 160 Å². The number of amides is 1. The molecule has 0 radical (unpaired) electrons. The quantitative estimate of drug-likeness (QED) is 0.704. The van der Waals surface area contributed by atoms with Crippen LogP contribution in [0.3, 0.4) is 0 Å². The molecule has 0 unspecified atom stereocenters. The van der Waals surface area contributed by atoms with Gasteiger partial charge in [0.25, 0.3) is 5.91 Å². The highest BCUT2D eigenvalue weighted by molar-refractivity contribution is 7.91. The number of hydrogen-bond acceptors (Lipinski definition) is 6. The second kappa shape index (κ2) is 7.55. The van der Waals surface area contributed by atoms with Gasteiger partial charge in [-0.05, 0) is 38.5 Å². The van der Waals surface area contributed by atoms with Gasteiger partial charge in [-0.1, -0.05) is 6.07 Å². The summed E-state index contributed by atoms with van der Waals surface area (Å²) in [6.07, 6.45) is -0.672. The van der Waals surface area contributed by atoms with Crippen molar-refractivity contribution in [3.8, 4) is 0 Å². The molecule has 2 heterocycles. The van der Waals surface area contributed by atoms with E-state index in [0.717, 1.165) is 11.3 Å². The van der Waals surface area contributed by atoms with Gasteiger partial charge in [0.05, 0.1) is 11.5 Å². The molecule has 146 valence electrons. The van der Waals surface area contributed by atoms with Crippen molar-refractivity contribution in [3.63, 3.8) is 0 Å². The average Bonchev–Trinajstić information content (AvgIpc) is 3.19. The lowest BCUT2D eigenvalue weighted by molar-refractivity contribution is -0.141. The number of rotatable bonds is 5. The summed E-state index contributed by atoms with van der Waals surface area (Å²) in [7, 11) is -3.13. The van der Waals surface area contributed by atoms with Crippen LogP contribution in [0.5, 0.6) is 0 Å². The summed E-state index contributed by atoms with van der Waals surface area (Å²) in [5, 5.41) is 0.333. The first-order valence-electron chi connectivity index (χ1n) is 8.62. The molecular weight excluding hydrogens is 393 g/mol. The summed E-state index contributed by atoms with van der Waals surface area (Å²) in [4.78, 5) is 26.7. The van der Waals surface area contributed by atoms with E-state index < -0.39 is 39.7 Å². The molecule has 1 aromatic carbocycles. The number of halogens is 1. The lowest BCUT2D eigenvalue weighted by Crippen LogP contribution is -2.46. The van der Waals surface area contributed by atoms with E-state index in [2.05, 4.69) is 0 Å². The Kier molecular flexibility index (Phi) is 5.53. The van der Waals surface area contributed by atoms with Crippen molar-refractivity contribution < 1.29 is 27.1 Å². The van der Waals surface area contributed by atoms with Crippen LogP contribution >= 0.6 is 11.3 Å². The Hall–Kier alpha value is -2.00. The summed E-state index contributed by atoms with van der Waals surface area (Å²) < 4.78 is 43.0. The Morgan fingerprint density at radius 2 is 2.15 bits per heavy atom. The minimum Gasteiger partial charge on any atom is -0.448 e. The van der Waals surface area contributed by atoms with Gasteiger partial charge in [0, 0.05) is 22.7 Å². The maximum atomic E-state index is 13.8. The number of carbonyl (C=O) groups is 2. The lowest BCUT2D eigenvalue weighted by Gasteiger charge is -2.29. The topological polar surface area (TPSA) is 80.8 Å². The van der Waals surface area contributed by atoms with Gasteiger partial charge in [-0.3, -0.25) is 4.79 Å². The highest BCUT2D eigenvalue weighted by atomic mass is 32.2. The van der Waals surface area contributed by atoms with Crippen LogP contribution in [-0.2, 0) is 19.4 Å². The Morgan fingerprint density at radius 3 is 2.74 bits per heavy atom. The first-order valence-corrected chi connectivity index (χ1v) is 11.3. The maximum Gasteiger partial charge on any atom is 0.349 e. The molecule has 1 saturated heterocycles. The van der Waals surface area contributed by atoms with E-state index in [1.807, 2.05) is 0 Å². The molecule has 2 aromatic rings. The number of thiophene rings is 1. The minimum absolute atomic E-state index is 0.0585. The fraction of sp³-hybridized carbons (Fsp3) is 0.444. The predicted octanol–water partition coefficient (Wildman–Crippen LogP) is 2.62. The molecule has 1 aliphatic heterocycles. The highest BCUT2D eigenvalue weighted by Gasteiger charge is 2.36. The molecule has 0 saturated carbocycles. The smallest absolute Gasteiger partial charge is 0.349 e. The third kappa shape index (κ3) is 4.14. The van der Waals surface area contributed by atoms with E-state index >= 15 is 0 Å². The standard InChI is InChI=1S/C18H20FNO5S2/c1-3-20(12-7-8-27(23,24)10-12)17(21)11(2)25-18(22)16-9-13-14(19)5-4-6-15(13)26-16/h4-6,9,11-12H,3,7-8,10H2,1-2H3/t11-,12+/m1/s1. The molecule has 3 rings (SSSR count). The molecule has 2 atom stereocenters. The van der Waals surface area contributed by atoms with Crippen molar-refractivity contribution in [1.29, 1.82) is 0 Å². The second-order valence-corrected chi connectivity index (χ2v) is 9.80. The van der Waals surface area contributed by atoms with Gasteiger partial charge in [-0.2, -0.15) is 0 Å². The number of hydrogen-bond donors (Lipinski definition) is 0. The normalized spacial score (nSPS) is 19.7. The van der Waals surface area contributed by atoms with Crippen LogP contribution in [0, 0.1) is 5.82 Å². The average molecular weight is 413 g/mol. The lowest BCUT2D eigenvalue weighted by atomic mass is 10.2. The van der Waals surface area contributed by atoms with Gasteiger partial charge in [-0.15, -0.1) is 11.3 Å². The van der Waals surface area contributed by atoms with E-state index in [4.69, 9.17) is 4.74 Å². The molecule has 0 N–H and O–H groups in total. The van der Waals surface area contributed by atoms with Crippen LogP contribution in [0.2, 0.25) is 0 Å². The van der Waals surface area contributed by atoms with Crippen molar-refractivity contribution in [1.82, 2.24) is 4.90 Å². The molecule has 1 aromatic heterocycles. The molecule has 9 heteroatoms. The zero-order chi connectivity index (χ0) is 19.8. The summed E-state index contributed by atoms with van der Waals surface area (Å²) >= 11 is 1.09. The van der Waals surface area contributed by atoms with Crippen molar-refractivity contribution in [2.45, 2.75) is 32.4 Å². The van der Waals surface area contributed by atoms with Gasteiger partial charge in [0.15, 0.2) is 15.9 Å². The third-order valence-corrected chi connectivity index (χ3v) is 7.44. The molecule has 1 aliphatic rings. The molecule has 27 heavy (non-hydrogen) atoms. The number of fused-ring (bicyclic) bond motifs is 1. The predicted molar refractivity (Wildman–Crippen MR) is 101 cm³/mol. The molecular formula is C18H20FNO5S2. The van der Waals surface area contributed by atoms with Crippen molar-refractivity contribution in [2.24, 2.45) is 0 Å². The summed E-state index contributed by atoms with van der Waals surface area (Å²) in [6, 6.07) is 5.59. The summed E-state index contributed by atoms with van der Waals surface area (Å²) in [5.41, 5.74) is 0. The minimum atomic E-state index is -3.13. The number of carbonyl (C=O) groups excluding carboxylic acids is 2. The zero-order valence-electron chi connectivity index (χ0n) is 15.0. The Balaban J connectivity index is 1.71. The largest absolute Gasteiger partial charge is 0.448 e. The van der Waals surface area contributed by atoms with Gasteiger partial charge in [-0.25, -0.2) is 17.6 Å². The molecule has 1 amide bonds. The highest BCUT2D eigenvalue weighted by Crippen LogP contribution is 2.28. The number of nitrogens with zero attached hydrogens (tertiary/aromatic N) is 1. The molecule has 0 aliphatic carbocycles. The second-order valence-electron chi connectivity index (χ2n) is 6.49. The molecule has 0 spiro atoms. The molecule has 1 fully saturated rings. The fourth-order valence-electron chi connectivity index (χ4n) is 3.24. The van der Waals surface area contributed by atoms with E-state index in [0.29, 0.717) is 23.1 Å². The van der Waals surface area contributed by atoms with Gasteiger partial charge >= 0.3 is 5.97 Å².